The third-order valence-electron chi connectivity index (χ3n) is 3.72. The fraction of sp³-hybridized carbons (Fsp3) is 0.571. The number of nitrogens with zero attached hydrogens (tertiary/aromatic N) is 1. The number of nitrogens with one attached hydrogen (secondary N) is 2. The number of benzene rings is 1. The predicted molar refractivity (Wildman–Crippen MR) is 76.6 cm³/mol. The van der Waals surface area contributed by atoms with Crippen molar-refractivity contribution in [2.45, 2.75) is 26.2 Å². The Balaban J connectivity index is 2.00. The molecular weight excluding hydrogens is 242 g/mol. The molecule has 5 heteroatoms. The van der Waals surface area contributed by atoms with Crippen LogP contribution in [-0.2, 0) is 6.42 Å². The smallest absolute Gasteiger partial charge is 0.274 e. The first-order valence-corrected chi connectivity index (χ1v) is 6.92. The van der Waals surface area contributed by atoms with Gasteiger partial charge in [-0.1, -0.05) is 13.0 Å². The highest BCUT2D eigenvalue weighted by Crippen LogP contribution is 2.24. The molecule has 0 aliphatic carbocycles. The van der Waals surface area contributed by atoms with E-state index in [1.165, 1.54) is 12.8 Å². The van der Waals surface area contributed by atoms with Crippen LogP contribution in [0.2, 0.25) is 0 Å². The van der Waals surface area contributed by atoms with Crippen molar-refractivity contribution in [3.05, 3.63) is 33.9 Å². The highest BCUT2D eigenvalue weighted by molar-refractivity contribution is 5.55. The van der Waals surface area contributed by atoms with Crippen molar-refractivity contribution >= 4 is 11.4 Å². The molecular formula is C14H21N3O2. The molecule has 0 bridgehead atoms. The Morgan fingerprint density at radius 2 is 2.16 bits per heavy atom. The molecule has 1 aromatic carbocycles. The van der Waals surface area contributed by atoms with Gasteiger partial charge in [0, 0.05) is 23.9 Å². The monoisotopic (exact) mass is 263 g/mol. The van der Waals surface area contributed by atoms with E-state index in [0.29, 0.717) is 12.3 Å². The van der Waals surface area contributed by atoms with Crippen molar-refractivity contribution < 1.29 is 4.92 Å². The average Bonchev–Trinajstić information content (AvgIpc) is 2.46. The van der Waals surface area contributed by atoms with E-state index in [-0.39, 0.29) is 10.6 Å². The van der Waals surface area contributed by atoms with Gasteiger partial charge in [0.1, 0.15) is 0 Å². The Labute approximate surface area is 113 Å². The van der Waals surface area contributed by atoms with E-state index in [2.05, 4.69) is 10.6 Å². The topological polar surface area (TPSA) is 67.2 Å². The lowest BCUT2D eigenvalue weighted by atomic mass is 9.98. The zero-order valence-corrected chi connectivity index (χ0v) is 11.3. The molecule has 1 heterocycles. The number of nitro benzene ring substituents is 1. The Hall–Kier alpha value is -1.62. The molecule has 1 aromatic rings. The summed E-state index contributed by atoms with van der Waals surface area (Å²) >= 11 is 0. The number of hydrogen-bond donors (Lipinski definition) is 2. The molecule has 0 unspecified atom stereocenters. The summed E-state index contributed by atoms with van der Waals surface area (Å²) in [5.41, 5.74) is 1.86. The molecule has 1 aliphatic rings. The summed E-state index contributed by atoms with van der Waals surface area (Å²) in [6, 6.07) is 5.44. The molecule has 0 amide bonds. The lowest BCUT2D eigenvalue weighted by Gasteiger charge is -2.23. The third kappa shape index (κ3) is 3.67. The summed E-state index contributed by atoms with van der Waals surface area (Å²) in [7, 11) is 0. The summed E-state index contributed by atoms with van der Waals surface area (Å²) in [4.78, 5) is 10.7. The summed E-state index contributed by atoms with van der Waals surface area (Å²) < 4.78 is 0. The van der Waals surface area contributed by atoms with Crippen molar-refractivity contribution in [2.24, 2.45) is 5.92 Å². The van der Waals surface area contributed by atoms with E-state index in [9.17, 15) is 10.1 Å². The van der Waals surface area contributed by atoms with Crippen LogP contribution in [0.1, 0.15) is 25.3 Å². The minimum absolute atomic E-state index is 0.220. The molecule has 0 saturated carbocycles. The van der Waals surface area contributed by atoms with E-state index < -0.39 is 0 Å². The van der Waals surface area contributed by atoms with Crippen LogP contribution in [0.15, 0.2) is 18.2 Å². The van der Waals surface area contributed by atoms with Crippen LogP contribution in [0, 0.1) is 16.0 Å². The van der Waals surface area contributed by atoms with Gasteiger partial charge in [-0.25, -0.2) is 0 Å². The minimum Gasteiger partial charge on any atom is -0.385 e. The predicted octanol–water partition coefficient (Wildman–Crippen LogP) is 2.57. The third-order valence-corrected chi connectivity index (χ3v) is 3.72. The van der Waals surface area contributed by atoms with Crippen LogP contribution in [0.5, 0.6) is 0 Å². The Morgan fingerprint density at radius 3 is 2.79 bits per heavy atom. The zero-order valence-electron chi connectivity index (χ0n) is 11.3. The van der Waals surface area contributed by atoms with Crippen molar-refractivity contribution in [1.29, 1.82) is 0 Å². The summed E-state index contributed by atoms with van der Waals surface area (Å²) in [5.74, 6) is 0.658. The minimum atomic E-state index is -0.297. The second-order valence-electron chi connectivity index (χ2n) is 5.03. The molecule has 0 atom stereocenters. The van der Waals surface area contributed by atoms with Crippen molar-refractivity contribution in [3.8, 4) is 0 Å². The lowest BCUT2D eigenvalue weighted by molar-refractivity contribution is -0.385. The fourth-order valence-corrected chi connectivity index (χ4v) is 2.49. The maximum Gasteiger partial charge on any atom is 0.274 e. The second kappa shape index (κ2) is 6.52. The van der Waals surface area contributed by atoms with Gasteiger partial charge in [-0.2, -0.15) is 0 Å². The summed E-state index contributed by atoms with van der Waals surface area (Å²) in [6.07, 6.45) is 3.02. The SMILES string of the molecule is CCc1ccc(NCC2CCNCC2)cc1[N+](=O)[O-]. The van der Waals surface area contributed by atoms with Gasteiger partial charge in [0.2, 0.25) is 0 Å². The van der Waals surface area contributed by atoms with Crippen LogP contribution in [-0.4, -0.2) is 24.6 Å². The normalized spacial score (nSPS) is 16.3. The van der Waals surface area contributed by atoms with Crippen molar-refractivity contribution in [3.63, 3.8) is 0 Å². The quantitative estimate of drug-likeness (QED) is 0.633. The first kappa shape index (κ1) is 13.8. The van der Waals surface area contributed by atoms with E-state index in [1.807, 2.05) is 19.1 Å². The van der Waals surface area contributed by atoms with Crippen LogP contribution in [0.25, 0.3) is 0 Å². The van der Waals surface area contributed by atoms with Gasteiger partial charge in [0.25, 0.3) is 5.69 Å². The van der Waals surface area contributed by atoms with E-state index >= 15 is 0 Å². The van der Waals surface area contributed by atoms with E-state index in [0.717, 1.165) is 30.9 Å². The maximum atomic E-state index is 11.0. The first-order chi connectivity index (χ1) is 9.20. The second-order valence-corrected chi connectivity index (χ2v) is 5.03. The lowest BCUT2D eigenvalue weighted by Crippen LogP contribution is -2.31. The Bertz CT molecular complexity index is 442. The number of piperidine rings is 1. The molecule has 0 radical (unpaired) electrons. The average molecular weight is 263 g/mol. The number of anilines is 1. The van der Waals surface area contributed by atoms with E-state index in [1.54, 1.807) is 6.07 Å². The Kier molecular flexibility index (Phi) is 4.74. The van der Waals surface area contributed by atoms with E-state index in [4.69, 9.17) is 0 Å². The number of aryl methyl sites for hydroxylation is 1. The Morgan fingerprint density at radius 1 is 1.42 bits per heavy atom. The van der Waals surface area contributed by atoms with Gasteiger partial charge in [0.15, 0.2) is 0 Å². The van der Waals surface area contributed by atoms with Crippen molar-refractivity contribution in [1.82, 2.24) is 5.32 Å². The van der Waals surface area contributed by atoms with Gasteiger partial charge < -0.3 is 10.6 Å². The standard InChI is InChI=1S/C14H21N3O2/c1-2-12-3-4-13(9-14(12)17(18)19)16-10-11-5-7-15-8-6-11/h3-4,9,11,15-16H,2,5-8,10H2,1H3. The van der Waals surface area contributed by atoms with Crippen LogP contribution in [0.3, 0.4) is 0 Å². The number of rotatable bonds is 5. The first-order valence-electron chi connectivity index (χ1n) is 6.92. The number of hydrogen-bond acceptors (Lipinski definition) is 4. The summed E-state index contributed by atoms with van der Waals surface area (Å²) in [6.45, 7) is 4.97. The van der Waals surface area contributed by atoms with Gasteiger partial charge in [0.05, 0.1) is 4.92 Å². The molecule has 1 aliphatic heterocycles. The van der Waals surface area contributed by atoms with Gasteiger partial charge >= 0.3 is 0 Å². The van der Waals surface area contributed by atoms with Crippen LogP contribution >= 0.6 is 0 Å². The highest BCUT2D eigenvalue weighted by atomic mass is 16.6. The molecule has 2 rings (SSSR count). The van der Waals surface area contributed by atoms with Crippen LogP contribution < -0.4 is 10.6 Å². The molecule has 2 N–H and O–H groups in total. The maximum absolute atomic E-state index is 11.0. The molecule has 5 nitrogen and oxygen atoms in total. The molecule has 19 heavy (non-hydrogen) atoms. The van der Waals surface area contributed by atoms with Gasteiger partial charge in [-0.05, 0) is 44.3 Å². The van der Waals surface area contributed by atoms with Gasteiger partial charge in [-0.3, -0.25) is 10.1 Å². The zero-order chi connectivity index (χ0) is 13.7. The molecule has 1 saturated heterocycles. The van der Waals surface area contributed by atoms with Crippen molar-refractivity contribution in [2.75, 3.05) is 25.0 Å². The highest BCUT2D eigenvalue weighted by Gasteiger charge is 2.15. The fourth-order valence-electron chi connectivity index (χ4n) is 2.49. The molecule has 104 valence electrons. The largest absolute Gasteiger partial charge is 0.385 e. The molecule has 0 spiro atoms. The molecule has 0 aromatic heterocycles. The van der Waals surface area contributed by atoms with Gasteiger partial charge in [-0.15, -0.1) is 0 Å². The number of nitro groups is 1. The van der Waals surface area contributed by atoms with Crippen LogP contribution in [0.4, 0.5) is 11.4 Å². The summed E-state index contributed by atoms with van der Waals surface area (Å²) in [5, 5.41) is 17.7. The molecule has 1 fully saturated rings.